The van der Waals surface area contributed by atoms with Gasteiger partial charge in [-0.05, 0) is 66.8 Å². The van der Waals surface area contributed by atoms with Crippen LogP contribution in [-0.2, 0) is 0 Å². The lowest BCUT2D eigenvalue weighted by molar-refractivity contribution is 0.106. The maximum atomic E-state index is 13.3. The molecule has 2 aliphatic rings. The molecule has 5 heteroatoms. The van der Waals surface area contributed by atoms with E-state index >= 15 is 0 Å². The van der Waals surface area contributed by atoms with Crippen LogP contribution in [0.15, 0.2) is 71.7 Å². The van der Waals surface area contributed by atoms with E-state index in [0.717, 1.165) is 42.1 Å². The number of carbonyl (C=O) groups is 1. The van der Waals surface area contributed by atoms with Gasteiger partial charge in [-0.3, -0.25) is 15.2 Å². The summed E-state index contributed by atoms with van der Waals surface area (Å²) in [6.07, 6.45) is 5.27. The van der Waals surface area contributed by atoms with Crippen LogP contribution in [0.2, 0.25) is 5.02 Å². The van der Waals surface area contributed by atoms with Gasteiger partial charge in [-0.25, -0.2) is 4.99 Å². The topological polar surface area (TPSA) is 44.7 Å². The van der Waals surface area contributed by atoms with E-state index in [1.54, 1.807) is 0 Å². The summed E-state index contributed by atoms with van der Waals surface area (Å²) < 4.78 is 0. The first-order valence-electron chi connectivity index (χ1n) is 10.1. The van der Waals surface area contributed by atoms with Crippen molar-refractivity contribution < 1.29 is 4.79 Å². The van der Waals surface area contributed by atoms with Crippen molar-refractivity contribution in [3.8, 4) is 0 Å². The second kappa shape index (κ2) is 7.20. The molecule has 1 saturated carbocycles. The molecule has 0 unspecified atom stereocenters. The molecular formula is C24H22ClN3O. The summed E-state index contributed by atoms with van der Waals surface area (Å²) in [5.74, 6) is 0.342. The van der Waals surface area contributed by atoms with E-state index in [2.05, 4.69) is 10.4 Å². The lowest BCUT2D eigenvalue weighted by Gasteiger charge is -2.39. The highest BCUT2D eigenvalue weighted by Gasteiger charge is 2.44. The van der Waals surface area contributed by atoms with Crippen molar-refractivity contribution in [1.29, 1.82) is 0 Å². The number of rotatable bonds is 3. The Morgan fingerprint density at radius 3 is 2.41 bits per heavy atom. The molecule has 1 fully saturated rings. The highest BCUT2D eigenvalue weighted by Crippen LogP contribution is 2.40. The minimum Gasteiger partial charge on any atom is -0.285 e. The third kappa shape index (κ3) is 3.28. The van der Waals surface area contributed by atoms with E-state index in [1.165, 1.54) is 6.42 Å². The van der Waals surface area contributed by atoms with Gasteiger partial charge in [0.1, 0.15) is 0 Å². The second-order valence-electron chi connectivity index (χ2n) is 7.82. The van der Waals surface area contributed by atoms with Crippen molar-refractivity contribution in [2.24, 2.45) is 4.99 Å². The van der Waals surface area contributed by atoms with Crippen molar-refractivity contribution in [2.45, 2.75) is 37.8 Å². The summed E-state index contributed by atoms with van der Waals surface area (Å²) >= 11 is 6.08. The number of anilines is 1. The highest BCUT2D eigenvalue weighted by atomic mass is 35.5. The predicted octanol–water partition coefficient (Wildman–Crippen LogP) is 5.76. The van der Waals surface area contributed by atoms with Gasteiger partial charge in [0.25, 0.3) is 0 Å². The Labute approximate surface area is 175 Å². The Hall–Kier alpha value is -2.85. The SMILES string of the molecule is O=C(C1=NC2(CCCCC2)N(c2ccc(Cl)cc2)N1)c1ccc2ccccc2c1. The Bertz CT molecular complexity index is 1100. The van der Waals surface area contributed by atoms with Gasteiger partial charge in [0.15, 0.2) is 11.5 Å². The van der Waals surface area contributed by atoms with Gasteiger partial charge in [0.05, 0.1) is 5.69 Å². The molecule has 1 spiro atoms. The maximum absolute atomic E-state index is 13.3. The van der Waals surface area contributed by atoms with Crippen LogP contribution in [0.5, 0.6) is 0 Å². The van der Waals surface area contributed by atoms with Crippen LogP contribution in [0.3, 0.4) is 0 Å². The first-order valence-corrected chi connectivity index (χ1v) is 10.5. The molecule has 1 N–H and O–H groups in total. The molecule has 0 atom stereocenters. The summed E-state index contributed by atoms with van der Waals surface area (Å²) in [4.78, 5) is 18.3. The molecule has 1 heterocycles. The average molecular weight is 404 g/mol. The van der Waals surface area contributed by atoms with Crippen molar-refractivity contribution in [3.05, 3.63) is 77.3 Å². The molecule has 4 nitrogen and oxygen atoms in total. The molecule has 0 amide bonds. The third-order valence-electron chi connectivity index (χ3n) is 5.92. The Morgan fingerprint density at radius 1 is 0.931 bits per heavy atom. The third-order valence-corrected chi connectivity index (χ3v) is 6.17. The highest BCUT2D eigenvalue weighted by molar-refractivity contribution is 6.46. The van der Waals surface area contributed by atoms with E-state index < -0.39 is 5.66 Å². The number of fused-ring (bicyclic) bond motifs is 1. The summed E-state index contributed by atoms with van der Waals surface area (Å²) in [6.45, 7) is 0. The van der Waals surface area contributed by atoms with Crippen LogP contribution >= 0.6 is 11.6 Å². The quantitative estimate of drug-likeness (QED) is 0.565. The van der Waals surface area contributed by atoms with Gasteiger partial charge < -0.3 is 0 Å². The van der Waals surface area contributed by atoms with Gasteiger partial charge in [-0.1, -0.05) is 54.4 Å². The summed E-state index contributed by atoms with van der Waals surface area (Å²) in [5, 5.41) is 4.94. The van der Waals surface area contributed by atoms with Crippen molar-refractivity contribution in [2.75, 3.05) is 5.01 Å². The average Bonchev–Trinajstić information content (AvgIpc) is 3.12. The molecule has 1 aliphatic carbocycles. The van der Waals surface area contributed by atoms with Gasteiger partial charge >= 0.3 is 0 Å². The Kier molecular flexibility index (Phi) is 4.51. The van der Waals surface area contributed by atoms with Gasteiger partial charge in [-0.15, -0.1) is 0 Å². The van der Waals surface area contributed by atoms with Crippen LogP contribution < -0.4 is 10.4 Å². The zero-order chi connectivity index (χ0) is 19.8. The minimum atomic E-state index is -0.409. The van der Waals surface area contributed by atoms with Crippen LogP contribution in [-0.4, -0.2) is 17.3 Å². The number of ketones is 1. The van der Waals surface area contributed by atoms with Gasteiger partial charge in [0.2, 0.25) is 5.78 Å². The smallest absolute Gasteiger partial charge is 0.229 e. The molecule has 146 valence electrons. The summed E-state index contributed by atoms with van der Waals surface area (Å²) in [7, 11) is 0. The summed E-state index contributed by atoms with van der Waals surface area (Å²) in [5.41, 5.74) is 4.54. The zero-order valence-corrected chi connectivity index (χ0v) is 16.8. The molecule has 0 saturated heterocycles. The number of amidine groups is 1. The van der Waals surface area contributed by atoms with Crippen LogP contribution in [0.25, 0.3) is 10.8 Å². The zero-order valence-electron chi connectivity index (χ0n) is 16.1. The number of Topliss-reactive ketones (excluding diaryl/α,β-unsaturated/α-hetero) is 1. The predicted molar refractivity (Wildman–Crippen MR) is 119 cm³/mol. The number of benzene rings is 3. The number of nitrogens with one attached hydrogen (secondary N) is 1. The molecule has 3 aromatic carbocycles. The Morgan fingerprint density at radius 2 is 1.66 bits per heavy atom. The number of carbonyl (C=O) groups excluding carboxylic acids is 1. The number of halogens is 1. The number of nitrogens with zero attached hydrogens (tertiary/aromatic N) is 2. The summed E-state index contributed by atoms with van der Waals surface area (Å²) in [6, 6.07) is 21.6. The van der Waals surface area contributed by atoms with E-state index in [4.69, 9.17) is 16.6 Å². The van der Waals surface area contributed by atoms with E-state index in [1.807, 2.05) is 66.7 Å². The number of hydrazine groups is 1. The maximum Gasteiger partial charge on any atom is 0.229 e. The first-order chi connectivity index (χ1) is 14.1. The standard InChI is InChI=1S/C24H22ClN3O/c25-20-10-12-21(13-11-20)28-24(14-4-1-5-15-24)26-23(27-28)22(29)19-9-8-17-6-2-3-7-18(17)16-19/h2-3,6-13,16H,1,4-5,14-15H2,(H,26,27). The van der Waals surface area contributed by atoms with Crippen LogP contribution in [0.4, 0.5) is 5.69 Å². The van der Waals surface area contributed by atoms with Crippen LogP contribution in [0, 0.1) is 0 Å². The van der Waals surface area contributed by atoms with Gasteiger partial charge in [-0.2, -0.15) is 0 Å². The molecule has 0 aromatic heterocycles. The second-order valence-corrected chi connectivity index (χ2v) is 8.25. The minimum absolute atomic E-state index is 0.0721. The lowest BCUT2D eigenvalue weighted by atomic mass is 9.88. The van der Waals surface area contributed by atoms with E-state index in [0.29, 0.717) is 16.4 Å². The largest absolute Gasteiger partial charge is 0.285 e. The fraction of sp³-hybridized carbons (Fsp3) is 0.250. The molecule has 0 radical (unpaired) electrons. The monoisotopic (exact) mass is 403 g/mol. The number of hydrogen-bond donors (Lipinski definition) is 1. The fourth-order valence-corrected chi connectivity index (χ4v) is 4.54. The van der Waals surface area contributed by atoms with Crippen molar-refractivity contribution >= 4 is 39.7 Å². The number of aliphatic imine (C=N–C) groups is 1. The van der Waals surface area contributed by atoms with E-state index in [-0.39, 0.29) is 5.78 Å². The molecular weight excluding hydrogens is 382 g/mol. The molecule has 1 aliphatic heterocycles. The first kappa shape index (κ1) is 18.2. The fourth-order valence-electron chi connectivity index (χ4n) is 4.41. The molecule has 5 rings (SSSR count). The van der Waals surface area contributed by atoms with Crippen molar-refractivity contribution in [3.63, 3.8) is 0 Å². The van der Waals surface area contributed by atoms with E-state index in [9.17, 15) is 4.79 Å². The van der Waals surface area contributed by atoms with Crippen molar-refractivity contribution in [1.82, 2.24) is 5.43 Å². The normalized spacial score (nSPS) is 18.0. The molecule has 3 aromatic rings. The van der Waals surface area contributed by atoms with Gasteiger partial charge in [0, 0.05) is 10.6 Å². The van der Waals surface area contributed by atoms with Crippen LogP contribution in [0.1, 0.15) is 42.5 Å². The number of hydrogen-bond acceptors (Lipinski definition) is 4. The molecule has 0 bridgehead atoms. The molecule has 29 heavy (non-hydrogen) atoms. The lowest BCUT2D eigenvalue weighted by Crippen LogP contribution is -2.52. The Balaban J connectivity index is 1.51.